The van der Waals surface area contributed by atoms with Crippen LogP contribution in [0.3, 0.4) is 0 Å². The van der Waals surface area contributed by atoms with Gasteiger partial charge in [0.1, 0.15) is 12.4 Å². The number of benzene rings is 3. The molecule has 0 aliphatic heterocycles. The molecule has 0 spiro atoms. The number of hydrogen-bond donors (Lipinski definition) is 1. The highest BCUT2D eigenvalue weighted by molar-refractivity contribution is 5.86. The van der Waals surface area contributed by atoms with Gasteiger partial charge in [-0.25, -0.2) is 0 Å². The number of aromatic amines is 1. The van der Waals surface area contributed by atoms with Crippen LogP contribution in [0, 0.1) is 0 Å². The second-order valence-electron chi connectivity index (χ2n) is 8.61. The van der Waals surface area contributed by atoms with Gasteiger partial charge in [0.25, 0.3) is 0 Å². The normalized spacial score (nSPS) is 12.1. The Labute approximate surface area is 195 Å². The van der Waals surface area contributed by atoms with Crippen LogP contribution in [0.15, 0.2) is 79.0 Å². The van der Waals surface area contributed by atoms with Crippen LogP contribution in [-0.2, 0) is 16.1 Å². The molecule has 1 unspecified atom stereocenters. The summed E-state index contributed by atoms with van der Waals surface area (Å²) in [5, 5.41) is 1.09. The Bertz CT molecular complexity index is 1190. The van der Waals surface area contributed by atoms with E-state index in [4.69, 9.17) is 9.47 Å². The minimum absolute atomic E-state index is 0.0879. The van der Waals surface area contributed by atoms with Crippen molar-refractivity contribution in [2.45, 2.75) is 45.6 Å². The second-order valence-corrected chi connectivity index (χ2v) is 8.61. The Kier molecular flexibility index (Phi) is 7.13. The van der Waals surface area contributed by atoms with Crippen LogP contribution in [0.5, 0.6) is 5.75 Å². The second kappa shape index (κ2) is 10.4. The highest BCUT2D eigenvalue weighted by atomic mass is 16.5. The maximum atomic E-state index is 12.5. The van der Waals surface area contributed by atoms with E-state index < -0.39 is 0 Å². The molecule has 0 fully saturated rings. The fourth-order valence-electron chi connectivity index (χ4n) is 4.15. The third-order valence-corrected chi connectivity index (χ3v) is 5.99. The van der Waals surface area contributed by atoms with Gasteiger partial charge in [0.05, 0.1) is 13.0 Å². The van der Waals surface area contributed by atoms with Gasteiger partial charge in [-0.1, -0.05) is 68.4 Å². The molecule has 1 N–H and O–H groups in total. The van der Waals surface area contributed by atoms with E-state index in [1.165, 1.54) is 5.56 Å². The smallest absolute Gasteiger partial charge is 0.306 e. The fraction of sp³-hybridized carbons (Fsp3) is 0.276. The summed E-state index contributed by atoms with van der Waals surface area (Å²) in [4.78, 5) is 15.8. The molecule has 4 heteroatoms. The molecular weight excluding hydrogens is 410 g/mol. The number of carbonyl (C=O) groups excluding carboxylic acids is 1. The van der Waals surface area contributed by atoms with E-state index in [9.17, 15) is 4.79 Å². The molecule has 0 amide bonds. The summed E-state index contributed by atoms with van der Waals surface area (Å²) in [6.07, 6.45) is 2.31. The summed E-state index contributed by atoms with van der Waals surface area (Å²) in [5.41, 5.74) is 5.60. The number of rotatable bonds is 9. The lowest BCUT2D eigenvalue weighted by Gasteiger charge is -2.18. The summed E-state index contributed by atoms with van der Waals surface area (Å²) in [7, 11) is 0. The van der Waals surface area contributed by atoms with E-state index in [2.05, 4.69) is 61.3 Å². The lowest BCUT2D eigenvalue weighted by molar-refractivity contribution is -0.143. The average Bonchev–Trinajstić information content (AvgIpc) is 3.25. The van der Waals surface area contributed by atoms with Gasteiger partial charge < -0.3 is 14.5 Å². The number of aromatic nitrogens is 1. The molecule has 1 aromatic heterocycles. The number of H-pyrrole nitrogens is 1. The molecule has 1 heterocycles. The lowest BCUT2D eigenvalue weighted by atomic mass is 9.87. The van der Waals surface area contributed by atoms with Gasteiger partial charge in [-0.3, -0.25) is 4.79 Å². The monoisotopic (exact) mass is 441 g/mol. The Morgan fingerprint density at radius 3 is 2.36 bits per heavy atom. The number of esters is 1. The molecule has 0 radical (unpaired) electrons. The van der Waals surface area contributed by atoms with Crippen LogP contribution in [0.1, 0.15) is 61.3 Å². The lowest BCUT2D eigenvalue weighted by Crippen LogP contribution is -2.11. The quantitative estimate of drug-likeness (QED) is 0.286. The van der Waals surface area contributed by atoms with Crippen LogP contribution < -0.4 is 4.74 Å². The van der Waals surface area contributed by atoms with Gasteiger partial charge >= 0.3 is 5.97 Å². The summed E-state index contributed by atoms with van der Waals surface area (Å²) in [6, 6.07) is 24.8. The largest absolute Gasteiger partial charge is 0.489 e. The van der Waals surface area contributed by atoms with Crippen molar-refractivity contribution < 1.29 is 14.3 Å². The highest BCUT2D eigenvalue weighted by Gasteiger charge is 2.22. The zero-order chi connectivity index (χ0) is 23.2. The minimum Gasteiger partial charge on any atom is -0.489 e. The molecule has 0 bridgehead atoms. The van der Waals surface area contributed by atoms with Crippen LogP contribution in [0.4, 0.5) is 0 Å². The third-order valence-electron chi connectivity index (χ3n) is 5.99. The van der Waals surface area contributed by atoms with Crippen molar-refractivity contribution in [3.8, 4) is 5.75 Å². The maximum absolute atomic E-state index is 12.5. The standard InChI is InChI=1S/C29H31NO3/c1-4-32-29(31)17-26(23-12-10-22(11-13-23)20(2)3)27-18-30-28-16-24(14-15-25(27)28)33-19-21-8-6-5-7-9-21/h5-16,18,20,26,30H,4,17,19H2,1-3H3. The molecule has 4 aromatic rings. The first-order chi connectivity index (χ1) is 16.0. The highest BCUT2D eigenvalue weighted by Crippen LogP contribution is 2.35. The predicted octanol–water partition coefficient (Wildman–Crippen LogP) is 6.96. The number of ether oxygens (including phenoxy) is 2. The van der Waals surface area contributed by atoms with Crippen molar-refractivity contribution in [2.75, 3.05) is 6.61 Å². The van der Waals surface area contributed by atoms with Crippen molar-refractivity contribution in [3.05, 3.63) is 101 Å². The molecule has 4 rings (SSSR count). The van der Waals surface area contributed by atoms with Gasteiger partial charge in [0, 0.05) is 29.1 Å². The van der Waals surface area contributed by atoms with Gasteiger partial charge in [0.15, 0.2) is 0 Å². The van der Waals surface area contributed by atoms with Crippen LogP contribution in [-0.4, -0.2) is 17.6 Å². The summed E-state index contributed by atoms with van der Waals surface area (Å²) < 4.78 is 11.3. The van der Waals surface area contributed by atoms with Crippen LogP contribution in [0.2, 0.25) is 0 Å². The topological polar surface area (TPSA) is 51.3 Å². The average molecular weight is 442 g/mol. The molecule has 1 atom stereocenters. The summed E-state index contributed by atoms with van der Waals surface area (Å²) in [6.45, 7) is 7.11. The van der Waals surface area contributed by atoms with E-state index in [-0.39, 0.29) is 11.9 Å². The molecule has 4 nitrogen and oxygen atoms in total. The Morgan fingerprint density at radius 2 is 1.67 bits per heavy atom. The number of hydrogen-bond acceptors (Lipinski definition) is 3. The predicted molar refractivity (Wildman–Crippen MR) is 133 cm³/mol. The fourth-order valence-corrected chi connectivity index (χ4v) is 4.15. The summed E-state index contributed by atoms with van der Waals surface area (Å²) >= 11 is 0. The minimum atomic E-state index is -0.187. The van der Waals surface area contributed by atoms with Gasteiger partial charge in [-0.15, -0.1) is 0 Å². The van der Waals surface area contributed by atoms with Gasteiger partial charge in [-0.2, -0.15) is 0 Å². The van der Waals surface area contributed by atoms with E-state index in [1.807, 2.05) is 43.5 Å². The van der Waals surface area contributed by atoms with Crippen molar-refractivity contribution in [1.82, 2.24) is 4.98 Å². The van der Waals surface area contributed by atoms with Gasteiger partial charge in [0.2, 0.25) is 0 Å². The first-order valence-electron chi connectivity index (χ1n) is 11.6. The van der Waals surface area contributed by atoms with Crippen LogP contribution in [0.25, 0.3) is 10.9 Å². The molecule has 3 aromatic carbocycles. The Balaban J connectivity index is 1.62. The van der Waals surface area contributed by atoms with Crippen molar-refractivity contribution in [3.63, 3.8) is 0 Å². The van der Waals surface area contributed by atoms with E-state index in [0.29, 0.717) is 25.6 Å². The molecular formula is C29H31NO3. The molecule has 170 valence electrons. The van der Waals surface area contributed by atoms with E-state index in [0.717, 1.165) is 33.3 Å². The number of nitrogens with one attached hydrogen (secondary N) is 1. The molecule has 0 saturated carbocycles. The Hall–Kier alpha value is -3.53. The van der Waals surface area contributed by atoms with E-state index >= 15 is 0 Å². The van der Waals surface area contributed by atoms with Crippen molar-refractivity contribution in [2.24, 2.45) is 0 Å². The number of fused-ring (bicyclic) bond motifs is 1. The zero-order valence-electron chi connectivity index (χ0n) is 19.5. The first kappa shape index (κ1) is 22.7. The van der Waals surface area contributed by atoms with Gasteiger partial charge in [-0.05, 0) is 47.2 Å². The molecule has 0 aliphatic rings. The number of carbonyl (C=O) groups is 1. The van der Waals surface area contributed by atoms with Crippen molar-refractivity contribution in [1.29, 1.82) is 0 Å². The molecule has 0 aliphatic carbocycles. The van der Waals surface area contributed by atoms with Crippen LogP contribution >= 0.6 is 0 Å². The summed E-state index contributed by atoms with van der Waals surface area (Å²) in [5.74, 6) is 0.996. The Morgan fingerprint density at radius 1 is 0.939 bits per heavy atom. The zero-order valence-corrected chi connectivity index (χ0v) is 19.5. The first-order valence-corrected chi connectivity index (χ1v) is 11.6. The SMILES string of the molecule is CCOC(=O)CC(c1ccc(C(C)C)cc1)c1c[nH]c2cc(OCc3ccccc3)ccc12. The van der Waals surface area contributed by atoms with Crippen molar-refractivity contribution >= 4 is 16.9 Å². The third kappa shape index (κ3) is 5.46. The maximum Gasteiger partial charge on any atom is 0.306 e. The molecule has 33 heavy (non-hydrogen) atoms. The van der Waals surface area contributed by atoms with E-state index in [1.54, 1.807) is 0 Å². The molecule has 0 saturated heterocycles.